The van der Waals surface area contributed by atoms with E-state index >= 15 is 0 Å². The molecule has 0 radical (unpaired) electrons. The van der Waals surface area contributed by atoms with Crippen LogP contribution >= 0.6 is 0 Å². The molecule has 112 valence electrons. The predicted octanol–water partition coefficient (Wildman–Crippen LogP) is 1.83. The molecule has 0 saturated heterocycles. The molecule has 0 fully saturated rings. The highest BCUT2D eigenvalue weighted by atomic mass is 16.5. The molecule has 0 spiro atoms. The van der Waals surface area contributed by atoms with Crippen LogP contribution in [0.15, 0.2) is 36.7 Å². The molecule has 1 atom stereocenters. The third-order valence-electron chi connectivity index (χ3n) is 3.01. The first-order valence-electron chi connectivity index (χ1n) is 6.92. The molecular formula is C15H20N4O2. The first-order chi connectivity index (χ1) is 10.3. The van der Waals surface area contributed by atoms with Gasteiger partial charge in [0.25, 0.3) is 0 Å². The van der Waals surface area contributed by atoms with Crippen LogP contribution in [0.3, 0.4) is 0 Å². The molecule has 6 nitrogen and oxygen atoms in total. The van der Waals surface area contributed by atoms with Crippen molar-refractivity contribution in [2.24, 2.45) is 5.84 Å². The van der Waals surface area contributed by atoms with E-state index in [1.807, 2.05) is 38.1 Å². The molecule has 6 heteroatoms. The second-order valence-corrected chi connectivity index (χ2v) is 4.35. The molecule has 3 N–H and O–H groups in total. The maximum Gasteiger partial charge on any atom is 0.161 e. The zero-order chi connectivity index (χ0) is 15.1. The van der Waals surface area contributed by atoms with Gasteiger partial charge in [0, 0.05) is 6.20 Å². The number of ether oxygens (including phenoxy) is 2. The number of rotatable bonds is 7. The lowest BCUT2D eigenvalue weighted by Gasteiger charge is -2.18. The molecule has 2 aromatic rings. The van der Waals surface area contributed by atoms with Gasteiger partial charge in [-0.15, -0.1) is 0 Å². The highest BCUT2D eigenvalue weighted by Gasteiger charge is 2.15. The first-order valence-corrected chi connectivity index (χ1v) is 6.92. The van der Waals surface area contributed by atoms with Crippen LogP contribution in [0.2, 0.25) is 0 Å². The van der Waals surface area contributed by atoms with Gasteiger partial charge >= 0.3 is 0 Å². The summed E-state index contributed by atoms with van der Waals surface area (Å²) in [6.07, 6.45) is 3.32. The molecule has 2 rings (SSSR count). The van der Waals surface area contributed by atoms with Gasteiger partial charge in [-0.05, 0) is 43.2 Å². The predicted molar refractivity (Wildman–Crippen MR) is 80.0 cm³/mol. The quantitative estimate of drug-likeness (QED) is 0.597. The summed E-state index contributed by atoms with van der Waals surface area (Å²) in [7, 11) is 0. The zero-order valence-corrected chi connectivity index (χ0v) is 12.2. The minimum Gasteiger partial charge on any atom is -0.490 e. The van der Waals surface area contributed by atoms with Crippen LogP contribution in [0.5, 0.6) is 11.5 Å². The average molecular weight is 288 g/mol. The highest BCUT2D eigenvalue weighted by Crippen LogP contribution is 2.32. The number of hydrazine groups is 1. The van der Waals surface area contributed by atoms with E-state index in [9.17, 15) is 0 Å². The molecule has 0 aliphatic heterocycles. The van der Waals surface area contributed by atoms with Crippen LogP contribution in [0, 0.1) is 0 Å². The van der Waals surface area contributed by atoms with Crippen LogP contribution in [-0.2, 0) is 0 Å². The van der Waals surface area contributed by atoms with E-state index in [1.165, 1.54) is 0 Å². The average Bonchev–Trinajstić information content (AvgIpc) is 2.52. The van der Waals surface area contributed by atoms with E-state index in [0.717, 1.165) is 16.9 Å². The molecule has 0 amide bonds. The second kappa shape index (κ2) is 7.56. The summed E-state index contributed by atoms with van der Waals surface area (Å²) in [5.41, 5.74) is 4.69. The van der Waals surface area contributed by atoms with Gasteiger partial charge in [0.1, 0.15) is 0 Å². The molecular weight excluding hydrogens is 268 g/mol. The summed E-state index contributed by atoms with van der Waals surface area (Å²) >= 11 is 0. The Morgan fingerprint density at radius 1 is 1.05 bits per heavy atom. The zero-order valence-electron chi connectivity index (χ0n) is 12.2. The topological polar surface area (TPSA) is 82.3 Å². The molecule has 1 aromatic carbocycles. The second-order valence-electron chi connectivity index (χ2n) is 4.35. The molecule has 1 aromatic heterocycles. The van der Waals surface area contributed by atoms with E-state index in [1.54, 1.807) is 12.4 Å². The van der Waals surface area contributed by atoms with Crippen molar-refractivity contribution >= 4 is 0 Å². The maximum atomic E-state index is 5.69. The fourth-order valence-corrected chi connectivity index (χ4v) is 2.10. The minimum absolute atomic E-state index is 0.185. The van der Waals surface area contributed by atoms with Crippen molar-refractivity contribution in [3.8, 4) is 11.5 Å². The maximum absolute atomic E-state index is 5.69. The van der Waals surface area contributed by atoms with Gasteiger partial charge in [-0.3, -0.25) is 5.84 Å². The van der Waals surface area contributed by atoms with Crippen LogP contribution in [0.1, 0.15) is 31.0 Å². The van der Waals surface area contributed by atoms with Crippen LogP contribution in [-0.4, -0.2) is 23.4 Å². The summed E-state index contributed by atoms with van der Waals surface area (Å²) < 4.78 is 11.2. The van der Waals surface area contributed by atoms with Crippen molar-refractivity contribution in [3.05, 3.63) is 47.8 Å². The normalized spacial score (nSPS) is 12.0. The number of nitrogens with zero attached hydrogens (tertiary/aromatic N) is 2. The minimum atomic E-state index is -0.185. The monoisotopic (exact) mass is 288 g/mol. The lowest BCUT2D eigenvalue weighted by molar-refractivity contribution is 0.287. The van der Waals surface area contributed by atoms with Crippen molar-refractivity contribution in [1.82, 2.24) is 15.6 Å². The Labute approximate surface area is 124 Å². The van der Waals surface area contributed by atoms with E-state index < -0.39 is 0 Å². The first kappa shape index (κ1) is 15.2. The van der Waals surface area contributed by atoms with E-state index in [-0.39, 0.29) is 6.04 Å². The number of nitrogens with two attached hydrogens (primary N) is 1. The van der Waals surface area contributed by atoms with Gasteiger partial charge in [-0.1, -0.05) is 6.07 Å². The van der Waals surface area contributed by atoms with Gasteiger partial charge in [0.05, 0.1) is 25.5 Å². The van der Waals surface area contributed by atoms with Gasteiger partial charge < -0.3 is 9.47 Å². The van der Waals surface area contributed by atoms with Crippen molar-refractivity contribution in [3.63, 3.8) is 0 Å². The summed E-state index contributed by atoms with van der Waals surface area (Å²) in [5.74, 6) is 7.12. The molecule has 1 heterocycles. The van der Waals surface area contributed by atoms with Gasteiger partial charge in [-0.2, -0.15) is 10.2 Å². The Hall–Kier alpha value is -2.18. The number of aromatic nitrogens is 2. The van der Waals surface area contributed by atoms with Crippen molar-refractivity contribution in [2.45, 2.75) is 19.9 Å². The third-order valence-corrected chi connectivity index (χ3v) is 3.01. The Morgan fingerprint density at radius 3 is 2.43 bits per heavy atom. The third kappa shape index (κ3) is 3.68. The number of nitrogens with one attached hydrogen (secondary N) is 1. The summed E-state index contributed by atoms with van der Waals surface area (Å²) in [4.78, 5) is 0. The Balaban J connectivity index is 2.35. The van der Waals surface area contributed by atoms with E-state index in [0.29, 0.717) is 19.0 Å². The van der Waals surface area contributed by atoms with E-state index in [4.69, 9.17) is 15.3 Å². The summed E-state index contributed by atoms with van der Waals surface area (Å²) in [6.45, 7) is 5.04. The SMILES string of the molecule is CCOc1ccc(C(NN)c2ccnnc2)cc1OCC. The van der Waals surface area contributed by atoms with Crippen LogP contribution in [0.4, 0.5) is 0 Å². The fourth-order valence-electron chi connectivity index (χ4n) is 2.10. The van der Waals surface area contributed by atoms with Gasteiger partial charge in [-0.25, -0.2) is 5.43 Å². The molecule has 0 bridgehead atoms. The lowest BCUT2D eigenvalue weighted by Crippen LogP contribution is -2.29. The molecule has 0 aliphatic rings. The number of benzene rings is 1. The Kier molecular flexibility index (Phi) is 5.48. The largest absolute Gasteiger partial charge is 0.490 e. The Bertz CT molecular complexity index is 563. The van der Waals surface area contributed by atoms with Gasteiger partial charge in [0.2, 0.25) is 0 Å². The molecule has 21 heavy (non-hydrogen) atoms. The Morgan fingerprint density at radius 2 is 1.81 bits per heavy atom. The molecule has 0 aliphatic carbocycles. The summed E-state index contributed by atoms with van der Waals surface area (Å²) in [6, 6.07) is 7.46. The van der Waals surface area contributed by atoms with Crippen LogP contribution < -0.4 is 20.7 Å². The van der Waals surface area contributed by atoms with Crippen molar-refractivity contribution < 1.29 is 9.47 Å². The molecule has 1 unspecified atom stereocenters. The number of hydrogen-bond donors (Lipinski definition) is 2. The fraction of sp³-hybridized carbons (Fsp3) is 0.333. The van der Waals surface area contributed by atoms with Crippen molar-refractivity contribution in [2.75, 3.05) is 13.2 Å². The standard InChI is InChI=1S/C15H20N4O2/c1-3-20-13-6-5-11(9-14(13)21-4-2)15(19-16)12-7-8-17-18-10-12/h5-10,15,19H,3-4,16H2,1-2H3. The smallest absolute Gasteiger partial charge is 0.161 e. The number of hydrogen-bond acceptors (Lipinski definition) is 6. The van der Waals surface area contributed by atoms with Crippen LogP contribution in [0.25, 0.3) is 0 Å². The van der Waals surface area contributed by atoms with E-state index in [2.05, 4.69) is 15.6 Å². The molecule has 0 saturated carbocycles. The van der Waals surface area contributed by atoms with Gasteiger partial charge in [0.15, 0.2) is 11.5 Å². The lowest BCUT2D eigenvalue weighted by atomic mass is 10.0. The summed E-state index contributed by atoms with van der Waals surface area (Å²) in [5, 5.41) is 7.66. The van der Waals surface area contributed by atoms with Crippen molar-refractivity contribution in [1.29, 1.82) is 0 Å². The highest BCUT2D eigenvalue weighted by molar-refractivity contribution is 5.45.